The van der Waals surface area contributed by atoms with Crippen molar-refractivity contribution in [2.24, 2.45) is 0 Å². The minimum atomic E-state index is 0.934. The van der Waals surface area contributed by atoms with Crippen molar-refractivity contribution < 1.29 is 0 Å². The van der Waals surface area contributed by atoms with Gasteiger partial charge in [-0.3, -0.25) is 0 Å². The zero-order valence-electron chi connectivity index (χ0n) is 6.01. The summed E-state index contributed by atoms with van der Waals surface area (Å²) in [5.41, 5.74) is 2.35. The van der Waals surface area contributed by atoms with Gasteiger partial charge in [0.1, 0.15) is 0 Å². The Balaban J connectivity index is 2.84. The van der Waals surface area contributed by atoms with Gasteiger partial charge in [-0.2, -0.15) is 0 Å². The monoisotopic (exact) mass is 131 g/mol. The predicted molar refractivity (Wildman–Crippen MR) is 44.8 cm³/mol. The smallest absolute Gasteiger partial charge is 0.0100 e. The molecule has 0 heteroatoms. The van der Waals surface area contributed by atoms with E-state index in [-0.39, 0.29) is 0 Å². The van der Waals surface area contributed by atoms with Crippen molar-refractivity contribution in [3.63, 3.8) is 0 Å². The van der Waals surface area contributed by atoms with Crippen LogP contribution in [0.1, 0.15) is 11.1 Å². The molecular weight excluding hydrogens is 120 g/mol. The summed E-state index contributed by atoms with van der Waals surface area (Å²) < 4.78 is 0. The van der Waals surface area contributed by atoms with Gasteiger partial charge in [-0.1, -0.05) is 30.3 Å². The Morgan fingerprint density at radius 3 is 2.80 bits per heavy atom. The van der Waals surface area contributed by atoms with Crippen molar-refractivity contribution in [3.05, 3.63) is 55.0 Å². The normalized spacial score (nSPS) is 9.30. The summed E-state index contributed by atoms with van der Waals surface area (Å²) in [5.74, 6) is 0. The summed E-state index contributed by atoms with van der Waals surface area (Å²) in [7, 11) is 0. The molecule has 1 aromatic carbocycles. The Kier molecular flexibility index (Phi) is 2.27. The van der Waals surface area contributed by atoms with Gasteiger partial charge in [0.05, 0.1) is 0 Å². The third-order valence-electron chi connectivity index (χ3n) is 1.37. The maximum atomic E-state index is 3.83. The van der Waals surface area contributed by atoms with Crippen LogP contribution in [0.4, 0.5) is 0 Å². The van der Waals surface area contributed by atoms with Crippen LogP contribution in [0.25, 0.3) is 0 Å². The lowest BCUT2D eigenvalue weighted by atomic mass is 10.1. The van der Waals surface area contributed by atoms with E-state index in [1.165, 1.54) is 5.56 Å². The molecule has 1 aromatic rings. The minimum absolute atomic E-state index is 0.934. The second-order valence-electron chi connectivity index (χ2n) is 2.31. The molecule has 0 heterocycles. The van der Waals surface area contributed by atoms with Gasteiger partial charge >= 0.3 is 0 Å². The second-order valence-corrected chi connectivity index (χ2v) is 2.31. The third kappa shape index (κ3) is 1.73. The average molecular weight is 131 g/mol. The van der Waals surface area contributed by atoms with Crippen LogP contribution in [0, 0.1) is 6.92 Å². The molecule has 0 saturated heterocycles. The van der Waals surface area contributed by atoms with Gasteiger partial charge in [-0.15, -0.1) is 6.58 Å². The van der Waals surface area contributed by atoms with Gasteiger partial charge in [0, 0.05) is 0 Å². The maximum Gasteiger partial charge on any atom is -0.0100 e. The molecule has 0 nitrogen and oxygen atoms in total. The van der Waals surface area contributed by atoms with Gasteiger partial charge in [0.15, 0.2) is 0 Å². The Morgan fingerprint density at radius 1 is 1.40 bits per heavy atom. The van der Waals surface area contributed by atoms with E-state index < -0.39 is 0 Å². The van der Waals surface area contributed by atoms with E-state index in [2.05, 4.69) is 25.6 Å². The average Bonchev–Trinajstić information content (AvgIpc) is 1.88. The molecule has 1 radical (unpaired) electrons. The minimum Gasteiger partial charge on any atom is -0.103 e. The number of allylic oxidation sites excluding steroid dienone is 1. The van der Waals surface area contributed by atoms with Gasteiger partial charge in [-0.25, -0.2) is 0 Å². The largest absolute Gasteiger partial charge is 0.103 e. The van der Waals surface area contributed by atoms with E-state index >= 15 is 0 Å². The van der Waals surface area contributed by atoms with Gasteiger partial charge in [-0.05, 0) is 24.5 Å². The molecule has 0 fully saturated rings. The highest BCUT2D eigenvalue weighted by atomic mass is 13.9. The molecule has 0 aliphatic rings. The van der Waals surface area contributed by atoms with Crippen LogP contribution in [-0.2, 0) is 6.42 Å². The molecule has 0 N–H and O–H groups in total. The lowest BCUT2D eigenvalue weighted by Crippen LogP contribution is -1.80. The second kappa shape index (κ2) is 3.21. The molecule has 0 aromatic heterocycles. The molecule has 51 valence electrons. The summed E-state index contributed by atoms with van der Waals surface area (Å²) in [6.45, 7) is 7.49. The number of hydrogen-bond acceptors (Lipinski definition) is 0. The molecule has 1 rings (SSSR count). The fraction of sp³-hybridized carbons (Fsp3) is 0.100. The molecule has 0 spiro atoms. The summed E-state index contributed by atoms with van der Waals surface area (Å²) >= 11 is 0. The Bertz CT molecular complexity index is 223. The van der Waals surface area contributed by atoms with Crippen LogP contribution in [-0.4, -0.2) is 0 Å². The van der Waals surface area contributed by atoms with Crippen molar-refractivity contribution >= 4 is 0 Å². The maximum absolute atomic E-state index is 3.83. The summed E-state index contributed by atoms with van der Waals surface area (Å²) in [6.07, 6.45) is 2.83. The molecule has 0 atom stereocenters. The summed E-state index contributed by atoms with van der Waals surface area (Å²) in [4.78, 5) is 0. The number of rotatable bonds is 2. The van der Waals surface area contributed by atoms with Gasteiger partial charge < -0.3 is 0 Å². The van der Waals surface area contributed by atoms with E-state index in [0.717, 1.165) is 12.0 Å². The zero-order valence-corrected chi connectivity index (χ0v) is 6.01. The van der Waals surface area contributed by atoms with E-state index in [1.54, 1.807) is 0 Å². The lowest BCUT2D eigenvalue weighted by Gasteiger charge is -1.96. The molecule has 0 amide bonds. The van der Waals surface area contributed by atoms with Crippen LogP contribution in [0.3, 0.4) is 0 Å². The van der Waals surface area contributed by atoms with Gasteiger partial charge in [0.2, 0.25) is 0 Å². The van der Waals surface area contributed by atoms with Gasteiger partial charge in [0.25, 0.3) is 0 Å². The number of hydrogen-bond donors (Lipinski definition) is 0. The van der Waals surface area contributed by atoms with E-state index in [1.807, 2.05) is 18.2 Å². The van der Waals surface area contributed by atoms with Crippen LogP contribution in [0.5, 0.6) is 0 Å². The molecule has 0 aliphatic heterocycles. The summed E-state index contributed by atoms with van der Waals surface area (Å²) in [6, 6.07) is 8.16. The van der Waals surface area contributed by atoms with Crippen molar-refractivity contribution in [1.82, 2.24) is 0 Å². The first-order valence-electron chi connectivity index (χ1n) is 3.34. The first-order chi connectivity index (χ1) is 4.83. The van der Waals surface area contributed by atoms with E-state index in [9.17, 15) is 0 Å². The lowest BCUT2D eigenvalue weighted by molar-refractivity contribution is 1.27. The topological polar surface area (TPSA) is 0 Å². The highest BCUT2D eigenvalue weighted by Gasteiger charge is 1.87. The first kappa shape index (κ1) is 7.07. The Morgan fingerprint density at radius 2 is 2.20 bits per heavy atom. The van der Waals surface area contributed by atoms with Crippen molar-refractivity contribution in [1.29, 1.82) is 0 Å². The molecular formula is C10H11. The fourth-order valence-electron chi connectivity index (χ4n) is 0.923. The highest BCUT2D eigenvalue weighted by molar-refractivity contribution is 5.26. The Hall–Kier alpha value is -1.04. The van der Waals surface area contributed by atoms with Crippen LogP contribution < -0.4 is 0 Å². The van der Waals surface area contributed by atoms with Crippen LogP contribution >= 0.6 is 0 Å². The van der Waals surface area contributed by atoms with Crippen molar-refractivity contribution in [2.45, 2.75) is 6.42 Å². The quantitative estimate of drug-likeness (QED) is 0.541. The Labute approximate surface area is 62.2 Å². The highest BCUT2D eigenvalue weighted by Crippen LogP contribution is 2.04. The molecule has 0 bridgehead atoms. The molecule has 0 aliphatic carbocycles. The predicted octanol–water partition coefficient (Wildman–Crippen LogP) is 2.60. The van der Waals surface area contributed by atoms with E-state index in [0.29, 0.717) is 0 Å². The fourth-order valence-corrected chi connectivity index (χ4v) is 0.923. The molecule has 0 unspecified atom stereocenters. The third-order valence-corrected chi connectivity index (χ3v) is 1.37. The van der Waals surface area contributed by atoms with Crippen molar-refractivity contribution in [2.75, 3.05) is 0 Å². The van der Waals surface area contributed by atoms with E-state index in [4.69, 9.17) is 0 Å². The number of benzene rings is 1. The SMILES string of the molecule is [CH2]c1cccc(CC=C)c1. The molecule has 0 saturated carbocycles. The summed E-state index contributed by atoms with van der Waals surface area (Å²) in [5, 5.41) is 0. The van der Waals surface area contributed by atoms with Crippen LogP contribution in [0.15, 0.2) is 36.9 Å². The van der Waals surface area contributed by atoms with Crippen molar-refractivity contribution in [3.8, 4) is 0 Å². The van der Waals surface area contributed by atoms with Crippen LogP contribution in [0.2, 0.25) is 0 Å². The standard InChI is InChI=1S/C10H11/c1-3-5-10-7-4-6-9(2)8-10/h3-4,6-8H,1-2,5H2. The first-order valence-corrected chi connectivity index (χ1v) is 3.34. The zero-order chi connectivity index (χ0) is 7.40. The molecule has 10 heavy (non-hydrogen) atoms.